The maximum atomic E-state index is 8.71. The number of hydrogen-bond donors (Lipinski definition) is 2. The van der Waals surface area contributed by atoms with Crippen LogP contribution in [0.15, 0.2) is 23.4 Å². The lowest BCUT2D eigenvalue weighted by Gasteiger charge is -2.31. The molecule has 0 aliphatic carbocycles. The molecule has 1 aromatic rings. The van der Waals surface area contributed by atoms with Crippen molar-refractivity contribution < 1.29 is 5.21 Å². The highest BCUT2D eigenvalue weighted by atomic mass is 16.4. The Balaban J connectivity index is 2.00. The molecular weight excluding hydrogens is 250 g/mol. The zero-order chi connectivity index (χ0) is 14.5. The van der Waals surface area contributed by atoms with Crippen molar-refractivity contribution in [2.75, 3.05) is 13.1 Å². The number of oxime groups is 1. The lowest BCUT2D eigenvalue weighted by atomic mass is 9.94. The summed E-state index contributed by atoms with van der Waals surface area (Å²) in [6.07, 6.45) is 3.94. The van der Waals surface area contributed by atoms with Crippen LogP contribution in [0.4, 0.5) is 0 Å². The van der Waals surface area contributed by atoms with Gasteiger partial charge in [-0.3, -0.25) is 4.90 Å². The van der Waals surface area contributed by atoms with Gasteiger partial charge in [-0.2, -0.15) is 0 Å². The molecule has 0 unspecified atom stereocenters. The third kappa shape index (κ3) is 3.51. The molecular formula is C16H25N3O. The first-order chi connectivity index (χ1) is 9.63. The van der Waals surface area contributed by atoms with Crippen molar-refractivity contribution in [2.24, 2.45) is 16.8 Å². The second kappa shape index (κ2) is 6.75. The molecule has 1 saturated heterocycles. The van der Waals surface area contributed by atoms with Gasteiger partial charge in [0.25, 0.3) is 0 Å². The molecule has 0 spiro atoms. The molecule has 2 rings (SSSR count). The largest absolute Gasteiger partial charge is 0.409 e. The molecule has 110 valence electrons. The maximum absolute atomic E-state index is 8.71. The van der Waals surface area contributed by atoms with Crippen LogP contribution in [0.5, 0.6) is 0 Å². The van der Waals surface area contributed by atoms with Gasteiger partial charge in [-0.25, -0.2) is 0 Å². The van der Waals surface area contributed by atoms with E-state index in [1.807, 2.05) is 12.1 Å². The minimum Gasteiger partial charge on any atom is -0.409 e. The molecule has 0 saturated carbocycles. The third-order valence-electron chi connectivity index (χ3n) is 4.42. The molecule has 4 nitrogen and oxygen atoms in total. The molecule has 1 fully saturated rings. The number of hydrogen-bond acceptors (Lipinski definition) is 3. The number of nitrogens with two attached hydrogens (primary N) is 1. The van der Waals surface area contributed by atoms with Gasteiger partial charge < -0.3 is 10.9 Å². The van der Waals surface area contributed by atoms with E-state index in [1.165, 1.54) is 43.5 Å². The Morgan fingerprint density at radius 3 is 2.65 bits per heavy atom. The van der Waals surface area contributed by atoms with E-state index in [2.05, 4.69) is 30.0 Å². The fourth-order valence-electron chi connectivity index (χ4n) is 2.88. The summed E-state index contributed by atoms with van der Waals surface area (Å²) in [6, 6.07) is 6.01. The first kappa shape index (κ1) is 14.9. The molecule has 4 heteroatoms. The Morgan fingerprint density at radius 2 is 2.10 bits per heavy atom. The number of nitrogens with zero attached hydrogens (tertiary/aromatic N) is 2. The van der Waals surface area contributed by atoms with Crippen molar-refractivity contribution >= 4 is 5.84 Å². The van der Waals surface area contributed by atoms with Gasteiger partial charge in [0, 0.05) is 12.1 Å². The highest BCUT2D eigenvalue weighted by Crippen LogP contribution is 2.22. The van der Waals surface area contributed by atoms with Crippen LogP contribution in [0.1, 0.15) is 42.9 Å². The van der Waals surface area contributed by atoms with E-state index in [1.54, 1.807) is 0 Å². The second-order valence-electron chi connectivity index (χ2n) is 5.75. The smallest absolute Gasteiger partial charge is 0.170 e. The highest BCUT2D eigenvalue weighted by Gasteiger charge is 2.18. The minimum absolute atomic E-state index is 0.170. The fraction of sp³-hybridized carbons (Fsp3) is 0.562. The predicted molar refractivity (Wildman–Crippen MR) is 82.0 cm³/mol. The standard InChI is InChI=1S/C16H25N3O/c1-3-13-6-8-19(9-7-13)11-15-5-4-14(10-12(15)2)16(17)18-20/h4-5,10,13,20H,3,6-9,11H2,1-2H3,(H2,17,18). The van der Waals surface area contributed by atoms with E-state index >= 15 is 0 Å². The van der Waals surface area contributed by atoms with Crippen LogP contribution in [0.3, 0.4) is 0 Å². The highest BCUT2D eigenvalue weighted by molar-refractivity contribution is 5.97. The fourth-order valence-corrected chi connectivity index (χ4v) is 2.88. The molecule has 3 N–H and O–H groups in total. The summed E-state index contributed by atoms with van der Waals surface area (Å²) in [5.41, 5.74) is 8.92. The Hall–Kier alpha value is -1.55. The molecule has 0 radical (unpaired) electrons. The van der Waals surface area contributed by atoms with Crippen LogP contribution in [0, 0.1) is 12.8 Å². The van der Waals surface area contributed by atoms with Crippen molar-refractivity contribution in [2.45, 2.75) is 39.7 Å². The molecule has 0 amide bonds. The van der Waals surface area contributed by atoms with Gasteiger partial charge in [-0.05, 0) is 56.0 Å². The van der Waals surface area contributed by atoms with E-state index in [-0.39, 0.29) is 5.84 Å². The average Bonchev–Trinajstić information content (AvgIpc) is 2.49. The number of piperidine rings is 1. The normalized spacial score (nSPS) is 18.4. The van der Waals surface area contributed by atoms with Crippen LogP contribution in [0.2, 0.25) is 0 Å². The molecule has 20 heavy (non-hydrogen) atoms. The van der Waals surface area contributed by atoms with Crippen molar-refractivity contribution in [3.8, 4) is 0 Å². The Kier molecular flexibility index (Phi) is 5.01. The summed E-state index contributed by atoms with van der Waals surface area (Å²) < 4.78 is 0. The SMILES string of the molecule is CCC1CCN(Cc2ccc(/C(N)=N/O)cc2C)CC1. The van der Waals surface area contributed by atoms with Gasteiger partial charge in [-0.1, -0.05) is 30.6 Å². The summed E-state index contributed by atoms with van der Waals surface area (Å²) in [4.78, 5) is 2.53. The van der Waals surface area contributed by atoms with Gasteiger partial charge >= 0.3 is 0 Å². The van der Waals surface area contributed by atoms with Crippen LogP contribution >= 0.6 is 0 Å². The van der Waals surface area contributed by atoms with Crippen molar-refractivity contribution in [3.05, 3.63) is 34.9 Å². The molecule has 1 aliphatic heterocycles. The topological polar surface area (TPSA) is 61.8 Å². The van der Waals surface area contributed by atoms with Crippen molar-refractivity contribution in [1.82, 2.24) is 4.90 Å². The van der Waals surface area contributed by atoms with Crippen LogP contribution < -0.4 is 5.73 Å². The number of likely N-dealkylation sites (tertiary alicyclic amines) is 1. The quantitative estimate of drug-likeness (QED) is 0.384. The monoisotopic (exact) mass is 275 g/mol. The first-order valence-corrected chi connectivity index (χ1v) is 7.43. The maximum Gasteiger partial charge on any atom is 0.170 e. The Bertz CT molecular complexity index is 477. The van der Waals surface area contributed by atoms with E-state index in [9.17, 15) is 0 Å². The lowest BCUT2D eigenvalue weighted by Crippen LogP contribution is -2.33. The summed E-state index contributed by atoms with van der Waals surface area (Å²) in [5, 5.41) is 11.8. The van der Waals surface area contributed by atoms with Gasteiger partial charge in [0.05, 0.1) is 0 Å². The second-order valence-corrected chi connectivity index (χ2v) is 5.75. The first-order valence-electron chi connectivity index (χ1n) is 7.43. The average molecular weight is 275 g/mol. The summed E-state index contributed by atoms with van der Waals surface area (Å²) in [6.45, 7) is 7.76. The zero-order valence-corrected chi connectivity index (χ0v) is 12.5. The van der Waals surface area contributed by atoms with Gasteiger partial charge in [0.1, 0.15) is 0 Å². The summed E-state index contributed by atoms with van der Waals surface area (Å²) in [7, 11) is 0. The lowest BCUT2D eigenvalue weighted by molar-refractivity contribution is 0.175. The third-order valence-corrected chi connectivity index (χ3v) is 4.42. The van der Waals surface area contributed by atoms with E-state index < -0.39 is 0 Å². The molecule has 1 heterocycles. The van der Waals surface area contributed by atoms with E-state index in [4.69, 9.17) is 10.9 Å². The van der Waals surface area contributed by atoms with Gasteiger partial charge in [0.15, 0.2) is 5.84 Å². The predicted octanol–water partition coefficient (Wildman–Crippen LogP) is 2.71. The van der Waals surface area contributed by atoms with Crippen molar-refractivity contribution in [3.63, 3.8) is 0 Å². The van der Waals surface area contributed by atoms with Gasteiger partial charge in [0.2, 0.25) is 0 Å². The summed E-state index contributed by atoms with van der Waals surface area (Å²) >= 11 is 0. The molecule has 0 bridgehead atoms. The van der Waals surface area contributed by atoms with Crippen LogP contribution in [-0.2, 0) is 6.54 Å². The zero-order valence-electron chi connectivity index (χ0n) is 12.5. The van der Waals surface area contributed by atoms with Crippen molar-refractivity contribution in [1.29, 1.82) is 0 Å². The number of aryl methyl sites for hydroxylation is 1. The molecule has 0 atom stereocenters. The number of benzene rings is 1. The molecule has 0 aromatic heterocycles. The number of rotatable bonds is 4. The molecule has 1 aromatic carbocycles. The minimum atomic E-state index is 0.170. The Morgan fingerprint density at radius 1 is 1.40 bits per heavy atom. The van der Waals surface area contributed by atoms with E-state index in [0.717, 1.165) is 18.0 Å². The van der Waals surface area contributed by atoms with Crippen LogP contribution in [-0.4, -0.2) is 29.0 Å². The van der Waals surface area contributed by atoms with Crippen LogP contribution in [0.25, 0.3) is 0 Å². The van der Waals surface area contributed by atoms with E-state index in [0.29, 0.717) is 0 Å². The number of amidine groups is 1. The summed E-state index contributed by atoms with van der Waals surface area (Å²) in [5.74, 6) is 1.08. The van der Waals surface area contributed by atoms with Gasteiger partial charge in [-0.15, -0.1) is 0 Å². The Labute approximate surface area is 121 Å². The molecule has 1 aliphatic rings.